The van der Waals surface area contributed by atoms with Crippen LogP contribution >= 0.6 is 21.3 Å². The number of rotatable bonds is 0. The van der Waals surface area contributed by atoms with Crippen LogP contribution in [-0.2, 0) is 45.1 Å². The molecule has 0 saturated heterocycles. The van der Waals surface area contributed by atoms with Gasteiger partial charge in [0.1, 0.15) is 0 Å². The Bertz CT molecular complexity index is 62.2. The third kappa shape index (κ3) is 114. The van der Waals surface area contributed by atoms with Crippen molar-refractivity contribution in [1.29, 1.82) is 0 Å². The molecule has 0 rings (SSSR count). The largest absolute Gasteiger partial charge is 0.466 e. The second-order valence-electron chi connectivity index (χ2n) is 0.513. The second kappa shape index (κ2) is 8.77. The Hall–Kier alpha value is 1.77. The van der Waals surface area contributed by atoms with Crippen molar-refractivity contribution in [2.24, 2.45) is 0 Å². The van der Waals surface area contributed by atoms with Crippen LogP contribution in [-0.4, -0.2) is 14.7 Å². The smallest absolute Gasteiger partial charge is 0.303 e. The molecular weight excluding hydrogens is 288 g/mol. The van der Waals surface area contributed by atoms with Gasteiger partial charge in [-0.3, -0.25) is 0 Å². The minimum absolute atomic E-state index is 0. The number of phosphoric acid groups is 1. The number of hydrogen-bond donors (Lipinski definition) is 3. The molecule has 0 heterocycles. The van der Waals surface area contributed by atoms with Gasteiger partial charge in [0.05, 0.1) is 0 Å². The SMILES string of the molecule is O=P(O)(O)O.S.[Mo].[Zn]. The monoisotopic (exact) mass is 294 g/mol. The zero-order valence-corrected chi connectivity index (χ0v) is 10.7. The van der Waals surface area contributed by atoms with Crippen LogP contribution in [0, 0.1) is 0 Å². The van der Waals surface area contributed by atoms with Gasteiger partial charge in [-0.25, -0.2) is 4.57 Å². The van der Waals surface area contributed by atoms with E-state index in [1.165, 1.54) is 0 Å². The number of hydrogen-bond acceptors (Lipinski definition) is 1. The Morgan fingerprint density at radius 3 is 1.12 bits per heavy atom. The molecule has 48 valence electrons. The van der Waals surface area contributed by atoms with Crippen molar-refractivity contribution in [2.75, 3.05) is 0 Å². The summed E-state index contributed by atoms with van der Waals surface area (Å²) in [6.45, 7) is 0. The van der Waals surface area contributed by atoms with E-state index in [0.717, 1.165) is 0 Å². The van der Waals surface area contributed by atoms with Crippen molar-refractivity contribution in [2.45, 2.75) is 0 Å². The predicted octanol–water partition coefficient (Wildman–Crippen LogP) is -0.821. The van der Waals surface area contributed by atoms with Crippen molar-refractivity contribution in [3.63, 3.8) is 0 Å². The molecule has 0 radical (unpaired) electrons. The van der Waals surface area contributed by atoms with Crippen molar-refractivity contribution < 1.29 is 59.8 Å². The van der Waals surface area contributed by atoms with Gasteiger partial charge in [-0.05, 0) is 0 Å². The van der Waals surface area contributed by atoms with E-state index in [2.05, 4.69) is 0 Å². The third-order valence-electron chi connectivity index (χ3n) is 0. The molecule has 0 saturated carbocycles. The third-order valence-corrected chi connectivity index (χ3v) is 0. The summed E-state index contributed by atoms with van der Waals surface area (Å²) in [4.78, 5) is 21.6. The topological polar surface area (TPSA) is 77.8 Å². The molecule has 0 amide bonds. The van der Waals surface area contributed by atoms with Gasteiger partial charge in [-0.15, -0.1) is 0 Å². The van der Waals surface area contributed by atoms with Crippen molar-refractivity contribution in [3.05, 3.63) is 0 Å². The van der Waals surface area contributed by atoms with E-state index in [9.17, 15) is 0 Å². The molecule has 0 aliphatic heterocycles. The van der Waals surface area contributed by atoms with Gasteiger partial charge in [-0.1, -0.05) is 0 Å². The molecule has 3 N–H and O–H groups in total. The van der Waals surface area contributed by atoms with E-state index >= 15 is 0 Å². The molecule has 0 atom stereocenters. The zero-order valence-electron chi connectivity index (χ0n) is 3.81. The molecule has 0 aliphatic carbocycles. The molecule has 0 aromatic carbocycles. The summed E-state index contributed by atoms with van der Waals surface area (Å²) in [5.74, 6) is 0. The fourth-order valence-electron chi connectivity index (χ4n) is 0. The standard InChI is InChI=1S/Mo.H3O4P.H2S.Zn/c;1-5(2,3)4;;/h;(H3,1,2,3,4);1H2;. The van der Waals surface area contributed by atoms with E-state index < -0.39 is 7.82 Å². The van der Waals surface area contributed by atoms with Crippen molar-refractivity contribution in [1.82, 2.24) is 0 Å². The normalized spacial score (nSPS) is 7.38. The van der Waals surface area contributed by atoms with Gasteiger partial charge in [0, 0.05) is 40.5 Å². The molecule has 8 heteroatoms. The summed E-state index contributed by atoms with van der Waals surface area (Å²) in [6, 6.07) is 0. The molecular formula is H5MoO4PSZn. The van der Waals surface area contributed by atoms with Crippen LogP contribution in [0.15, 0.2) is 0 Å². The molecule has 4 nitrogen and oxygen atoms in total. The van der Waals surface area contributed by atoms with Crippen LogP contribution in [0.5, 0.6) is 0 Å². The van der Waals surface area contributed by atoms with E-state index in [0.29, 0.717) is 0 Å². The molecule has 0 aromatic rings. The summed E-state index contributed by atoms with van der Waals surface area (Å²) in [6.07, 6.45) is 0. The zero-order chi connectivity index (χ0) is 4.50. The first-order valence-electron chi connectivity index (χ1n) is 0.783. The maximum atomic E-state index is 8.88. The van der Waals surface area contributed by atoms with E-state index in [4.69, 9.17) is 19.2 Å². The van der Waals surface area contributed by atoms with Gasteiger partial charge in [0.2, 0.25) is 0 Å². The Morgan fingerprint density at radius 1 is 1.12 bits per heavy atom. The van der Waals surface area contributed by atoms with E-state index in [1.54, 1.807) is 0 Å². The molecule has 0 spiro atoms. The van der Waals surface area contributed by atoms with Gasteiger partial charge in [-0.2, -0.15) is 13.5 Å². The van der Waals surface area contributed by atoms with Crippen LogP contribution < -0.4 is 0 Å². The summed E-state index contributed by atoms with van der Waals surface area (Å²) in [7, 11) is -4.64. The molecule has 0 bridgehead atoms. The fourth-order valence-corrected chi connectivity index (χ4v) is 0. The van der Waals surface area contributed by atoms with Crippen LogP contribution in [0.2, 0.25) is 0 Å². The Kier molecular flexibility index (Phi) is 24.7. The van der Waals surface area contributed by atoms with Gasteiger partial charge >= 0.3 is 7.82 Å². The summed E-state index contributed by atoms with van der Waals surface area (Å²) in [5, 5.41) is 0. The summed E-state index contributed by atoms with van der Waals surface area (Å²) in [5.41, 5.74) is 0. The fraction of sp³-hybridized carbons (Fsp3) is 0. The predicted molar refractivity (Wildman–Crippen MR) is 24.6 cm³/mol. The average molecular weight is 293 g/mol. The molecule has 0 unspecified atom stereocenters. The van der Waals surface area contributed by atoms with E-state index in [-0.39, 0.29) is 54.0 Å². The van der Waals surface area contributed by atoms with E-state index in [1.807, 2.05) is 0 Å². The Morgan fingerprint density at radius 2 is 1.12 bits per heavy atom. The Labute approximate surface area is 80.8 Å². The van der Waals surface area contributed by atoms with Crippen LogP contribution in [0.1, 0.15) is 0 Å². The van der Waals surface area contributed by atoms with Crippen LogP contribution in [0.4, 0.5) is 0 Å². The van der Waals surface area contributed by atoms with Crippen molar-refractivity contribution in [3.8, 4) is 0 Å². The van der Waals surface area contributed by atoms with Crippen LogP contribution in [0.3, 0.4) is 0 Å². The molecule has 0 aliphatic rings. The summed E-state index contributed by atoms with van der Waals surface area (Å²) < 4.78 is 8.88. The second-order valence-corrected chi connectivity index (χ2v) is 1.54. The van der Waals surface area contributed by atoms with Crippen LogP contribution in [0.25, 0.3) is 0 Å². The Balaban J connectivity index is -0.0000000267. The minimum atomic E-state index is -4.64. The maximum Gasteiger partial charge on any atom is 0.466 e. The molecule has 8 heavy (non-hydrogen) atoms. The first-order chi connectivity index (χ1) is 2.00. The quantitative estimate of drug-likeness (QED) is 0.403. The van der Waals surface area contributed by atoms with Gasteiger partial charge in [0.25, 0.3) is 0 Å². The summed E-state index contributed by atoms with van der Waals surface area (Å²) >= 11 is 0. The van der Waals surface area contributed by atoms with Crippen molar-refractivity contribution >= 4 is 21.3 Å². The average Bonchev–Trinajstić information content (AvgIpc) is 0.722. The maximum absolute atomic E-state index is 8.88. The molecule has 0 aromatic heterocycles. The van der Waals surface area contributed by atoms with Gasteiger partial charge < -0.3 is 14.7 Å². The minimum Gasteiger partial charge on any atom is -0.303 e. The van der Waals surface area contributed by atoms with Gasteiger partial charge in [0.15, 0.2) is 0 Å². The molecule has 0 fully saturated rings. The first kappa shape index (κ1) is 22.6. The first-order valence-corrected chi connectivity index (χ1v) is 2.35.